The van der Waals surface area contributed by atoms with E-state index in [2.05, 4.69) is 4.74 Å². The Labute approximate surface area is 118 Å². The van der Waals surface area contributed by atoms with E-state index < -0.39 is 29.4 Å². The third-order valence-electron chi connectivity index (χ3n) is 2.26. The van der Waals surface area contributed by atoms with Gasteiger partial charge in [-0.3, -0.25) is 0 Å². The first-order valence-corrected chi connectivity index (χ1v) is 5.79. The number of rotatable bonds is 5. The summed E-state index contributed by atoms with van der Waals surface area (Å²) in [6.07, 6.45) is -5.10. The molecule has 8 heteroatoms. The molecule has 0 saturated carbocycles. The third-order valence-corrected chi connectivity index (χ3v) is 2.26. The number of para-hydroxylation sites is 1. The van der Waals surface area contributed by atoms with Crippen LogP contribution in [-0.4, -0.2) is 24.7 Å². The number of carboxylic acid groups (broad SMARTS) is 1. The summed E-state index contributed by atoms with van der Waals surface area (Å²) in [6.45, 7) is 1.06. The van der Waals surface area contributed by atoms with Crippen LogP contribution >= 0.6 is 0 Å². The van der Waals surface area contributed by atoms with Crippen LogP contribution < -0.4 is 10.4 Å². The molecular weight excluding hydrogens is 291 g/mol. The Morgan fingerprint density at radius 3 is 2.24 bits per heavy atom. The summed E-state index contributed by atoms with van der Waals surface area (Å²) in [6, 6.07) is 7.01. The van der Waals surface area contributed by atoms with Crippen LogP contribution in [0.2, 0.25) is 0 Å². The highest BCUT2D eigenvalue weighted by Crippen LogP contribution is 2.30. The monoisotopic (exact) mass is 302 g/mol. The number of carbonyl (C=O) groups excluding carboxylic acids is 2. The lowest BCUT2D eigenvalue weighted by atomic mass is 10.2. The zero-order valence-corrected chi connectivity index (χ0v) is 10.9. The number of esters is 1. The molecule has 1 N–H and O–H groups in total. The van der Waals surface area contributed by atoms with Crippen LogP contribution in [0.4, 0.5) is 18.9 Å². The summed E-state index contributed by atoms with van der Waals surface area (Å²) in [5.41, 5.74) is -3.38. The first-order valence-electron chi connectivity index (χ1n) is 5.79. The Hall–Kier alpha value is -2.51. The Morgan fingerprint density at radius 2 is 1.81 bits per heavy atom. The molecule has 114 valence electrons. The lowest BCUT2D eigenvalue weighted by Gasteiger charge is -2.19. The number of ether oxygens (including phenoxy) is 1. The maximum Gasteiger partial charge on any atom is 0.432 e. The number of carboxylic acids is 1. The van der Waals surface area contributed by atoms with Crippen molar-refractivity contribution in [1.29, 1.82) is 0 Å². The SMILES string of the molecule is CCOC(=O)C(C(=O)[O-])=C(Nc1ccccc1)C(F)(F)F. The average Bonchev–Trinajstić information content (AvgIpc) is 2.38. The molecule has 0 spiro atoms. The summed E-state index contributed by atoms with van der Waals surface area (Å²) < 4.78 is 43.3. The first kappa shape index (κ1) is 16.5. The fourth-order valence-electron chi connectivity index (χ4n) is 1.43. The van der Waals surface area contributed by atoms with Gasteiger partial charge in [-0.2, -0.15) is 13.2 Å². The maximum atomic E-state index is 13.0. The number of nitrogens with one attached hydrogen (secondary N) is 1. The van der Waals surface area contributed by atoms with Crippen molar-refractivity contribution in [1.82, 2.24) is 0 Å². The summed E-state index contributed by atoms with van der Waals surface area (Å²) >= 11 is 0. The van der Waals surface area contributed by atoms with Crippen molar-refractivity contribution in [3.63, 3.8) is 0 Å². The third kappa shape index (κ3) is 4.51. The van der Waals surface area contributed by atoms with E-state index in [0.717, 1.165) is 0 Å². The number of hydrogen-bond donors (Lipinski definition) is 1. The molecule has 0 radical (unpaired) electrons. The number of hydrogen-bond acceptors (Lipinski definition) is 5. The highest BCUT2D eigenvalue weighted by atomic mass is 19.4. The van der Waals surface area contributed by atoms with Crippen molar-refractivity contribution in [2.24, 2.45) is 0 Å². The predicted octanol–water partition coefficient (Wildman–Crippen LogP) is 1.23. The van der Waals surface area contributed by atoms with Gasteiger partial charge in [0.2, 0.25) is 0 Å². The number of anilines is 1. The Bertz CT molecular complexity index is 552. The van der Waals surface area contributed by atoms with Gasteiger partial charge in [-0.25, -0.2) is 4.79 Å². The van der Waals surface area contributed by atoms with E-state index in [4.69, 9.17) is 0 Å². The van der Waals surface area contributed by atoms with Gasteiger partial charge in [0.15, 0.2) is 0 Å². The van der Waals surface area contributed by atoms with E-state index in [1.165, 1.54) is 31.2 Å². The summed E-state index contributed by atoms with van der Waals surface area (Å²) in [5.74, 6) is -3.89. The second-order valence-corrected chi connectivity index (χ2v) is 3.75. The maximum absolute atomic E-state index is 13.0. The van der Waals surface area contributed by atoms with E-state index >= 15 is 0 Å². The number of allylic oxidation sites excluding steroid dienone is 1. The van der Waals surface area contributed by atoms with Crippen molar-refractivity contribution in [2.45, 2.75) is 13.1 Å². The van der Waals surface area contributed by atoms with Crippen molar-refractivity contribution >= 4 is 17.6 Å². The molecule has 0 amide bonds. The minimum atomic E-state index is -5.10. The van der Waals surface area contributed by atoms with Gasteiger partial charge in [-0.05, 0) is 19.1 Å². The molecule has 0 fully saturated rings. The molecule has 5 nitrogen and oxygen atoms in total. The molecule has 0 heterocycles. The molecule has 1 aromatic carbocycles. The van der Waals surface area contributed by atoms with Gasteiger partial charge in [0, 0.05) is 5.69 Å². The van der Waals surface area contributed by atoms with E-state index in [1.54, 1.807) is 6.07 Å². The van der Waals surface area contributed by atoms with E-state index in [-0.39, 0.29) is 12.3 Å². The first-order chi connectivity index (χ1) is 9.77. The molecule has 0 atom stereocenters. The second kappa shape index (κ2) is 6.78. The van der Waals surface area contributed by atoms with Crippen LogP contribution in [0.5, 0.6) is 0 Å². The van der Waals surface area contributed by atoms with E-state index in [9.17, 15) is 27.9 Å². The fraction of sp³-hybridized carbons (Fsp3) is 0.231. The van der Waals surface area contributed by atoms with Gasteiger partial charge in [0.05, 0.1) is 12.6 Å². The molecular formula is C13H11F3NO4-. The van der Waals surface area contributed by atoms with Crippen LogP contribution in [0.15, 0.2) is 41.6 Å². The topological polar surface area (TPSA) is 78.5 Å². The fourth-order valence-corrected chi connectivity index (χ4v) is 1.43. The van der Waals surface area contributed by atoms with Gasteiger partial charge in [0.25, 0.3) is 0 Å². The molecule has 0 unspecified atom stereocenters. The average molecular weight is 302 g/mol. The molecule has 0 saturated heterocycles. The molecule has 0 aliphatic rings. The highest BCUT2D eigenvalue weighted by Gasteiger charge is 2.39. The minimum Gasteiger partial charge on any atom is -0.544 e. The number of benzene rings is 1. The molecule has 0 bridgehead atoms. The number of halogens is 3. The predicted molar refractivity (Wildman–Crippen MR) is 64.8 cm³/mol. The van der Waals surface area contributed by atoms with E-state index in [0.29, 0.717) is 0 Å². The van der Waals surface area contributed by atoms with Crippen molar-refractivity contribution in [3.05, 3.63) is 41.6 Å². The largest absolute Gasteiger partial charge is 0.544 e. The number of aliphatic carboxylic acids is 1. The highest BCUT2D eigenvalue weighted by molar-refractivity contribution is 6.13. The van der Waals surface area contributed by atoms with Gasteiger partial charge < -0.3 is 20.0 Å². The lowest BCUT2D eigenvalue weighted by Crippen LogP contribution is -2.35. The van der Waals surface area contributed by atoms with E-state index in [1.807, 2.05) is 5.32 Å². The van der Waals surface area contributed by atoms with Crippen LogP contribution in [0.25, 0.3) is 0 Å². The number of alkyl halides is 3. The summed E-state index contributed by atoms with van der Waals surface area (Å²) in [7, 11) is 0. The van der Waals surface area contributed by atoms with Crippen molar-refractivity contribution in [3.8, 4) is 0 Å². The Morgan fingerprint density at radius 1 is 1.24 bits per heavy atom. The smallest absolute Gasteiger partial charge is 0.432 e. The van der Waals surface area contributed by atoms with Crippen molar-refractivity contribution in [2.75, 3.05) is 11.9 Å². The summed E-state index contributed by atoms with van der Waals surface area (Å²) in [4.78, 5) is 22.3. The zero-order chi connectivity index (χ0) is 16.0. The van der Waals surface area contributed by atoms with Gasteiger partial charge in [-0.1, -0.05) is 18.2 Å². The zero-order valence-electron chi connectivity index (χ0n) is 10.9. The standard InChI is InChI=1S/C13H12F3NO4/c1-2-21-12(20)9(11(18)19)10(13(14,15)16)17-8-6-4-3-5-7-8/h3-7,17H,2H2,1H3,(H,18,19)/p-1. The van der Waals surface area contributed by atoms with Gasteiger partial charge in [0.1, 0.15) is 11.3 Å². The molecule has 21 heavy (non-hydrogen) atoms. The molecule has 1 rings (SSSR count). The van der Waals surface area contributed by atoms with Crippen LogP contribution in [0.3, 0.4) is 0 Å². The van der Waals surface area contributed by atoms with Crippen molar-refractivity contribution < 1.29 is 32.6 Å². The Kier molecular flexibility index (Phi) is 5.34. The molecule has 1 aromatic rings. The quantitative estimate of drug-likeness (QED) is 0.383. The van der Waals surface area contributed by atoms with Crippen LogP contribution in [0, 0.1) is 0 Å². The minimum absolute atomic E-state index is 0.0344. The summed E-state index contributed by atoms with van der Waals surface area (Å²) in [5, 5.41) is 12.8. The van der Waals surface area contributed by atoms with Gasteiger partial charge in [-0.15, -0.1) is 0 Å². The normalized spacial score (nSPS) is 12.4. The second-order valence-electron chi connectivity index (χ2n) is 3.75. The lowest BCUT2D eigenvalue weighted by molar-refractivity contribution is -0.299. The number of carbonyl (C=O) groups is 2. The Balaban J connectivity index is 3.35. The molecule has 0 aromatic heterocycles. The van der Waals surface area contributed by atoms with Crippen LogP contribution in [0.1, 0.15) is 6.92 Å². The van der Waals surface area contributed by atoms with Gasteiger partial charge >= 0.3 is 12.1 Å². The van der Waals surface area contributed by atoms with Crippen LogP contribution in [-0.2, 0) is 14.3 Å². The molecule has 0 aliphatic carbocycles. The molecule has 0 aliphatic heterocycles.